The molecule has 3 aromatic carbocycles. The van der Waals surface area contributed by atoms with E-state index < -0.39 is 25.3 Å². The Morgan fingerprint density at radius 3 is 2.24 bits per heavy atom. The van der Waals surface area contributed by atoms with E-state index in [4.69, 9.17) is 18.5 Å². The summed E-state index contributed by atoms with van der Waals surface area (Å²) in [6, 6.07) is 21.0. The molecule has 180 valence electrons. The summed E-state index contributed by atoms with van der Waals surface area (Å²) in [7, 11) is -2.12. The number of rotatable bonds is 11. The highest BCUT2D eigenvalue weighted by Gasteiger charge is 2.38. The van der Waals surface area contributed by atoms with E-state index in [0.29, 0.717) is 0 Å². The average molecular weight is 483 g/mol. The van der Waals surface area contributed by atoms with Gasteiger partial charge in [-0.25, -0.2) is 0 Å². The van der Waals surface area contributed by atoms with Gasteiger partial charge in [-0.15, -0.1) is 0 Å². The van der Waals surface area contributed by atoms with Crippen molar-refractivity contribution >= 4 is 30.4 Å². The summed E-state index contributed by atoms with van der Waals surface area (Å²) in [5.74, 6) is -1.51. The minimum atomic E-state index is -3.74. The molecule has 0 radical (unpaired) electrons. The van der Waals surface area contributed by atoms with Crippen LogP contribution in [0, 0.1) is 0 Å². The number of ether oxygens (including phenoxy) is 2. The van der Waals surface area contributed by atoms with Crippen molar-refractivity contribution in [3.8, 4) is 5.75 Å². The van der Waals surface area contributed by atoms with Crippen molar-refractivity contribution in [2.24, 2.45) is 0 Å². The van der Waals surface area contributed by atoms with Crippen molar-refractivity contribution in [2.75, 3.05) is 20.3 Å². The molecule has 0 saturated carbocycles. The SMILES string of the molecule is CCOP(=O)(OCC)[C@@H](/C=C/c1ccccc1)OC(=O)[C@@H](C)c1ccc2cc(OC)ccc2c1. The molecule has 0 unspecified atom stereocenters. The maximum atomic E-state index is 13.5. The van der Waals surface area contributed by atoms with E-state index in [1.165, 1.54) is 0 Å². The first-order valence-corrected chi connectivity index (χ1v) is 12.9. The van der Waals surface area contributed by atoms with Gasteiger partial charge in [-0.2, -0.15) is 0 Å². The Morgan fingerprint density at radius 1 is 0.941 bits per heavy atom. The summed E-state index contributed by atoms with van der Waals surface area (Å²) in [5.41, 5.74) is 1.66. The lowest BCUT2D eigenvalue weighted by Gasteiger charge is -2.25. The van der Waals surface area contributed by atoms with Crippen molar-refractivity contribution in [2.45, 2.75) is 32.5 Å². The minimum Gasteiger partial charge on any atom is -0.497 e. The van der Waals surface area contributed by atoms with Crippen LogP contribution in [0.5, 0.6) is 5.75 Å². The fraction of sp³-hybridized carbons (Fsp3) is 0.296. The zero-order valence-electron chi connectivity index (χ0n) is 20.0. The Balaban J connectivity index is 1.86. The van der Waals surface area contributed by atoms with Gasteiger partial charge in [0, 0.05) is 0 Å². The zero-order valence-corrected chi connectivity index (χ0v) is 20.9. The highest BCUT2D eigenvalue weighted by molar-refractivity contribution is 7.54. The molecule has 0 aliphatic carbocycles. The van der Waals surface area contributed by atoms with Gasteiger partial charge in [0.15, 0.2) is 0 Å². The fourth-order valence-corrected chi connectivity index (χ4v) is 5.12. The summed E-state index contributed by atoms with van der Waals surface area (Å²) in [6.45, 7) is 5.52. The van der Waals surface area contributed by atoms with E-state index in [9.17, 15) is 9.36 Å². The number of benzene rings is 3. The van der Waals surface area contributed by atoms with Gasteiger partial charge in [0.2, 0.25) is 5.85 Å². The van der Waals surface area contributed by atoms with Crippen LogP contribution in [0.15, 0.2) is 72.8 Å². The molecule has 7 heteroatoms. The molecule has 3 aromatic rings. The molecule has 0 aliphatic heterocycles. The topological polar surface area (TPSA) is 71.1 Å². The second-order valence-electron chi connectivity index (χ2n) is 7.67. The van der Waals surface area contributed by atoms with Crippen molar-refractivity contribution in [3.05, 3.63) is 83.9 Å². The molecule has 6 nitrogen and oxygen atoms in total. The molecule has 0 N–H and O–H groups in total. The maximum absolute atomic E-state index is 13.5. The molecule has 0 heterocycles. The van der Waals surface area contributed by atoms with Crippen LogP contribution in [0.25, 0.3) is 16.8 Å². The number of hydrogen-bond donors (Lipinski definition) is 0. The molecule has 0 fully saturated rings. The van der Waals surface area contributed by atoms with Gasteiger partial charge in [0.25, 0.3) is 0 Å². The van der Waals surface area contributed by atoms with Crippen LogP contribution >= 0.6 is 7.60 Å². The monoisotopic (exact) mass is 482 g/mol. The first kappa shape index (κ1) is 25.7. The predicted octanol–water partition coefficient (Wildman–Crippen LogP) is 6.80. The molecule has 0 aliphatic rings. The fourth-order valence-electron chi connectivity index (χ4n) is 3.51. The largest absolute Gasteiger partial charge is 0.497 e. The third kappa shape index (κ3) is 6.35. The first-order valence-electron chi connectivity index (χ1n) is 11.3. The highest BCUT2D eigenvalue weighted by Crippen LogP contribution is 2.54. The van der Waals surface area contributed by atoms with Crippen molar-refractivity contribution in [3.63, 3.8) is 0 Å². The highest BCUT2D eigenvalue weighted by atomic mass is 31.2. The summed E-state index contributed by atoms with van der Waals surface area (Å²) in [6.07, 6.45) is 3.31. The van der Waals surface area contributed by atoms with Gasteiger partial charge < -0.3 is 18.5 Å². The molecule has 0 spiro atoms. The summed E-state index contributed by atoms with van der Waals surface area (Å²) in [4.78, 5) is 13.1. The Hall–Kier alpha value is -2.92. The van der Waals surface area contributed by atoms with Crippen molar-refractivity contribution in [1.29, 1.82) is 0 Å². The Labute approximate surface area is 201 Å². The van der Waals surface area contributed by atoms with E-state index in [2.05, 4.69) is 0 Å². The quantitative estimate of drug-likeness (QED) is 0.221. The van der Waals surface area contributed by atoms with Gasteiger partial charge in [0.1, 0.15) is 5.75 Å². The molecule has 3 rings (SSSR count). The Kier molecular flexibility index (Phi) is 9.05. The lowest BCUT2D eigenvalue weighted by molar-refractivity contribution is -0.146. The van der Waals surface area contributed by atoms with Gasteiger partial charge >= 0.3 is 13.6 Å². The number of carbonyl (C=O) groups is 1. The molecular weight excluding hydrogens is 451 g/mol. The standard InChI is InChI=1S/C27H31O6P/c1-5-31-34(29,32-6-2)26(17-12-21-10-8-7-9-11-21)33-27(28)20(3)22-13-14-24-19-25(30-4)16-15-23(24)18-22/h7-20,26H,5-6H2,1-4H3/b17-12+/t20-,26-/m0/s1. The molecule has 34 heavy (non-hydrogen) atoms. The number of fused-ring (bicyclic) bond motifs is 1. The first-order chi connectivity index (χ1) is 16.4. The molecular formula is C27H31O6P. The number of hydrogen-bond acceptors (Lipinski definition) is 6. The van der Waals surface area contributed by atoms with Crippen LogP contribution in [-0.2, 0) is 23.1 Å². The zero-order chi connectivity index (χ0) is 24.6. The second-order valence-corrected chi connectivity index (χ2v) is 9.77. The normalized spacial score (nSPS) is 13.6. The van der Waals surface area contributed by atoms with Crippen LogP contribution < -0.4 is 4.74 Å². The van der Waals surface area contributed by atoms with Gasteiger partial charge in [-0.05, 0) is 60.9 Å². The Bertz CT molecular complexity index is 1160. The van der Waals surface area contributed by atoms with E-state index in [0.717, 1.165) is 27.6 Å². The smallest absolute Gasteiger partial charge is 0.374 e. The van der Waals surface area contributed by atoms with E-state index in [1.54, 1.807) is 40.0 Å². The molecule has 0 amide bonds. The van der Waals surface area contributed by atoms with Crippen LogP contribution in [0.4, 0.5) is 0 Å². The van der Waals surface area contributed by atoms with Crippen LogP contribution in [0.2, 0.25) is 0 Å². The van der Waals surface area contributed by atoms with Gasteiger partial charge in [-0.1, -0.05) is 60.7 Å². The Morgan fingerprint density at radius 2 is 1.59 bits per heavy atom. The second kappa shape index (κ2) is 12.0. The lowest BCUT2D eigenvalue weighted by Crippen LogP contribution is -2.22. The molecule has 0 aromatic heterocycles. The minimum absolute atomic E-state index is 0.161. The van der Waals surface area contributed by atoms with Crippen molar-refractivity contribution in [1.82, 2.24) is 0 Å². The van der Waals surface area contributed by atoms with Crippen LogP contribution in [0.1, 0.15) is 37.8 Å². The van der Waals surface area contributed by atoms with E-state index in [1.807, 2.05) is 66.7 Å². The molecule has 2 atom stereocenters. The molecule has 0 saturated heterocycles. The van der Waals surface area contributed by atoms with Crippen LogP contribution in [-0.4, -0.2) is 32.1 Å². The predicted molar refractivity (Wildman–Crippen MR) is 135 cm³/mol. The third-order valence-corrected chi connectivity index (χ3v) is 7.48. The average Bonchev–Trinajstić information content (AvgIpc) is 2.86. The summed E-state index contributed by atoms with van der Waals surface area (Å²) in [5, 5.41) is 1.98. The van der Waals surface area contributed by atoms with E-state index >= 15 is 0 Å². The van der Waals surface area contributed by atoms with Gasteiger partial charge in [-0.3, -0.25) is 9.36 Å². The summed E-state index contributed by atoms with van der Waals surface area (Å²) < 4.78 is 35.5. The third-order valence-electron chi connectivity index (χ3n) is 5.34. The number of carbonyl (C=O) groups excluding carboxylic acids is 1. The maximum Gasteiger partial charge on any atom is 0.374 e. The number of esters is 1. The van der Waals surface area contributed by atoms with Crippen molar-refractivity contribution < 1.29 is 27.9 Å². The van der Waals surface area contributed by atoms with Gasteiger partial charge in [0.05, 0.1) is 26.2 Å². The lowest BCUT2D eigenvalue weighted by atomic mass is 9.98. The van der Waals surface area contributed by atoms with Crippen LogP contribution in [0.3, 0.4) is 0 Å². The van der Waals surface area contributed by atoms with E-state index in [-0.39, 0.29) is 13.2 Å². The molecule has 0 bridgehead atoms. The summed E-state index contributed by atoms with van der Waals surface area (Å²) >= 11 is 0. The number of methoxy groups -OCH3 is 1.